The molecule has 0 saturated heterocycles. The maximum Gasteiger partial charge on any atom is 0.0885 e. The van der Waals surface area contributed by atoms with Gasteiger partial charge >= 0.3 is 0 Å². The van der Waals surface area contributed by atoms with Crippen molar-refractivity contribution in [2.45, 2.75) is 26.4 Å². The van der Waals surface area contributed by atoms with Crippen molar-refractivity contribution in [1.82, 2.24) is 4.98 Å². The lowest BCUT2D eigenvalue weighted by Gasteiger charge is -2.11. The highest BCUT2D eigenvalue weighted by molar-refractivity contribution is 5.93. The molecule has 18 heavy (non-hydrogen) atoms. The predicted octanol–water partition coefficient (Wildman–Crippen LogP) is 2.62. The standard InChI is InChI=1S/C14H19N3O/c1-3-5-10-6-4-7-12-13(17-15)8-11(9-18-2)16-14(10)12/h4,6-8H,3,5,9,15H2,1-2H3,(H,16,17). The fraction of sp³-hybridized carbons (Fsp3) is 0.357. The quantitative estimate of drug-likeness (QED) is 0.628. The number of nitrogens with one attached hydrogen (secondary N) is 1. The van der Waals surface area contributed by atoms with E-state index in [0.29, 0.717) is 6.61 Å². The molecule has 0 aliphatic heterocycles. The van der Waals surface area contributed by atoms with Gasteiger partial charge in [-0.3, -0.25) is 5.84 Å². The molecule has 0 aliphatic carbocycles. The summed E-state index contributed by atoms with van der Waals surface area (Å²) in [4.78, 5) is 4.67. The first-order chi connectivity index (χ1) is 8.80. The monoisotopic (exact) mass is 245 g/mol. The molecule has 0 fully saturated rings. The van der Waals surface area contributed by atoms with Crippen molar-refractivity contribution in [3.63, 3.8) is 0 Å². The third-order valence-electron chi connectivity index (χ3n) is 2.94. The van der Waals surface area contributed by atoms with Crippen LogP contribution in [0.15, 0.2) is 24.3 Å². The molecular formula is C14H19N3O. The number of hydrogen-bond donors (Lipinski definition) is 2. The van der Waals surface area contributed by atoms with Crippen LogP contribution in [-0.2, 0) is 17.8 Å². The number of nitrogens with zero attached hydrogens (tertiary/aromatic N) is 1. The van der Waals surface area contributed by atoms with Crippen LogP contribution in [-0.4, -0.2) is 12.1 Å². The summed E-state index contributed by atoms with van der Waals surface area (Å²) in [5.74, 6) is 5.59. The van der Waals surface area contributed by atoms with Gasteiger partial charge in [0.05, 0.1) is 23.5 Å². The summed E-state index contributed by atoms with van der Waals surface area (Å²) in [6, 6.07) is 8.14. The van der Waals surface area contributed by atoms with E-state index in [0.717, 1.165) is 35.1 Å². The first-order valence-electron chi connectivity index (χ1n) is 6.17. The molecule has 0 saturated carbocycles. The Morgan fingerprint density at radius 2 is 2.22 bits per heavy atom. The van der Waals surface area contributed by atoms with Crippen LogP contribution in [0.2, 0.25) is 0 Å². The highest BCUT2D eigenvalue weighted by Crippen LogP contribution is 2.26. The number of fused-ring (bicyclic) bond motifs is 1. The van der Waals surface area contributed by atoms with E-state index in [1.54, 1.807) is 7.11 Å². The zero-order valence-corrected chi connectivity index (χ0v) is 10.9. The topological polar surface area (TPSA) is 60.2 Å². The van der Waals surface area contributed by atoms with Gasteiger partial charge in [-0.1, -0.05) is 31.5 Å². The molecule has 0 radical (unpaired) electrons. The zero-order valence-electron chi connectivity index (χ0n) is 10.9. The smallest absolute Gasteiger partial charge is 0.0885 e. The fourth-order valence-corrected chi connectivity index (χ4v) is 2.17. The van der Waals surface area contributed by atoms with Crippen LogP contribution in [0.3, 0.4) is 0 Å². The van der Waals surface area contributed by atoms with Crippen molar-refractivity contribution in [3.8, 4) is 0 Å². The summed E-state index contributed by atoms with van der Waals surface area (Å²) in [5.41, 5.74) is 6.80. The van der Waals surface area contributed by atoms with E-state index in [1.807, 2.05) is 18.2 Å². The molecule has 96 valence electrons. The number of pyridine rings is 1. The molecule has 2 aromatic rings. The molecule has 4 heteroatoms. The number of benzene rings is 1. The van der Waals surface area contributed by atoms with Gasteiger partial charge in [0, 0.05) is 12.5 Å². The molecule has 1 aromatic heterocycles. The van der Waals surface area contributed by atoms with Gasteiger partial charge in [-0.05, 0) is 18.1 Å². The predicted molar refractivity (Wildman–Crippen MR) is 74.3 cm³/mol. The Kier molecular flexibility index (Phi) is 4.12. The lowest BCUT2D eigenvalue weighted by atomic mass is 10.0. The van der Waals surface area contributed by atoms with Crippen molar-refractivity contribution in [3.05, 3.63) is 35.5 Å². The number of nitrogens with two attached hydrogens (primary N) is 1. The highest BCUT2D eigenvalue weighted by Gasteiger charge is 2.08. The molecule has 0 aliphatic rings. The molecule has 3 N–H and O–H groups in total. The third kappa shape index (κ3) is 2.44. The van der Waals surface area contributed by atoms with Crippen LogP contribution >= 0.6 is 0 Å². The average molecular weight is 245 g/mol. The van der Waals surface area contributed by atoms with Gasteiger partial charge in [-0.15, -0.1) is 0 Å². The van der Waals surface area contributed by atoms with Gasteiger partial charge in [-0.25, -0.2) is 4.98 Å². The van der Waals surface area contributed by atoms with Gasteiger partial charge < -0.3 is 10.2 Å². The van der Waals surface area contributed by atoms with Crippen molar-refractivity contribution in [1.29, 1.82) is 0 Å². The van der Waals surface area contributed by atoms with Crippen molar-refractivity contribution < 1.29 is 4.74 Å². The van der Waals surface area contributed by atoms with Gasteiger partial charge in [-0.2, -0.15) is 0 Å². The molecule has 0 bridgehead atoms. The van der Waals surface area contributed by atoms with Crippen LogP contribution in [0.25, 0.3) is 10.9 Å². The number of nitrogen functional groups attached to an aromatic ring is 1. The minimum atomic E-state index is 0.491. The number of hydrazine groups is 1. The number of aromatic nitrogens is 1. The Labute approximate surface area is 107 Å². The molecule has 1 aromatic carbocycles. The summed E-state index contributed by atoms with van der Waals surface area (Å²) in [7, 11) is 1.67. The van der Waals surface area contributed by atoms with Crippen molar-refractivity contribution in [2.24, 2.45) is 5.84 Å². The minimum absolute atomic E-state index is 0.491. The van der Waals surface area contributed by atoms with Gasteiger partial charge in [0.15, 0.2) is 0 Å². The summed E-state index contributed by atoms with van der Waals surface area (Å²) in [6.07, 6.45) is 2.12. The maximum atomic E-state index is 5.59. The van der Waals surface area contributed by atoms with Crippen molar-refractivity contribution >= 4 is 16.6 Å². The number of ether oxygens (including phenoxy) is 1. The number of anilines is 1. The Morgan fingerprint density at radius 3 is 2.89 bits per heavy atom. The van der Waals surface area contributed by atoms with E-state index in [1.165, 1.54) is 5.56 Å². The summed E-state index contributed by atoms with van der Waals surface area (Å²) in [5, 5.41) is 1.06. The number of aryl methyl sites for hydroxylation is 1. The number of rotatable bonds is 5. The first-order valence-corrected chi connectivity index (χ1v) is 6.17. The molecular weight excluding hydrogens is 226 g/mol. The maximum absolute atomic E-state index is 5.59. The van der Waals surface area contributed by atoms with E-state index in [4.69, 9.17) is 10.6 Å². The van der Waals surface area contributed by atoms with E-state index in [-0.39, 0.29) is 0 Å². The normalized spacial score (nSPS) is 10.8. The van der Waals surface area contributed by atoms with Crippen LogP contribution in [0.1, 0.15) is 24.6 Å². The number of methoxy groups -OCH3 is 1. The second kappa shape index (κ2) is 5.80. The van der Waals surface area contributed by atoms with Crippen LogP contribution < -0.4 is 11.3 Å². The lowest BCUT2D eigenvalue weighted by molar-refractivity contribution is 0.182. The van der Waals surface area contributed by atoms with E-state index in [9.17, 15) is 0 Å². The van der Waals surface area contributed by atoms with Crippen LogP contribution in [0.4, 0.5) is 5.69 Å². The summed E-state index contributed by atoms with van der Waals surface area (Å²) < 4.78 is 5.15. The number of para-hydroxylation sites is 1. The highest BCUT2D eigenvalue weighted by atomic mass is 16.5. The SMILES string of the molecule is CCCc1cccc2c(NN)cc(COC)nc12. The first kappa shape index (κ1) is 12.8. The molecule has 1 heterocycles. The second-order valence-corrected chi connectivity index (χ2v) is 4.30. The minimum Gasteiger partial charge on any atom is -0.378 e. The van der Waals surface area contributed by atoms with Crippen LogP contribution in [0.5, 0.6) is 0 Å². The fourth-order valence-electron chi connectivity index (χ4n) is 2.17. The van der Waals surface area contributed by atoms with E-state index >= 15 is 0 Å². The lowest BCUT2D eigenvalue weighted by Crippen LogP contribution is -2.09. The molecule has 0 spiro atoms. The van der Waals surface area contributed by atoms with Crippen molar-refractivity contribution in [2.75, 3.05) is 12.5 Å². The molecule has 0 atom stereocenters. The molecule has 4 nitrogen and oxygen atoms in total. The Hall–Kier alpha value is -1.65. The van der Waals surface area contributed by atoms with E-state index in [2.05, 4.69) is 23.4 Å². The van der Waals surface area contributed by atoms with Gasteiger partial charge in [0.25, 0.3) is 0 Å². The zero-order chi connectivity index (χ0) is 13.0. The Bertz CT molecular complexity index is 540. The largest absolute Gasteiger partial charge is 0.378 e. The second-order valence-electron chi connectivity index (χ2n) is 4.30. The van der Waals surface area contributed by atoms with Gasteiger partial charge in [0.1, 0.15) is 0 Å². The van der Waals surface area contributed by atoms with Crippen LogP contribution in [0, 0.1) is 0 Å². The summed E-state index contributed by atoms with van der Waals surface area (Å²) in [6.45, 7) is 2.66. The number of hydrogen-bond acceptors (Lipinski definition) is 4. The average Bonchev–Trinajstić information content (AvgIpc) is 2.39. The third-order valence-corrected chi connectivity index (χ3v) is 2.94. The van der Waals surface area contributed by atoms with E-state index < -0.39 is 0 Å². The molecule has 0 amide bonds. The Morgan fingerprint density at radius 1 is 1.39 bits per heavy atom. The summed E-state index contributed by atoms with van der Waals surface area (Å²) >= 11 is 0. The Balaban J connectivity index is 2.63. The molecule has 0 unspecified atom stereocenters. The molecule has 2 rings (SSSR count). The van der Waals surface area contributed by atoms with Gasteiger partial charge in [0.2, 0.25) is 0 Å².